The van der Waals surface area contributed by atoms with Gasteiger partial charge in [-0.25, -0.2) is 9.78 Å². The van der Waals surface area contributed by atoms with Gasteiger partial charge in [-0.2, -0.15) is 4.68 Å². The van der Waals surface area contributed by atoms with E-state index in [1.54, 1.807) is 53.2 Å². The van der Waals surface area contributed by atoms with Gasteiger partial charge in [0.2, 0.25) is 0 Å². The average Bonchev–Trinajstić information content (AvgIpc) is 3.65. The fraction of sp³-hybridized carbons (Fsp3) is 0.120. The topological polar surface area (TPSA) is 144 Å². The van der Waals surface area contributed by atoms with Gasteiger partial charge in [0.25, 0.3) is 5.56 Å². The summed E-state index contributed by atoms with van der Waals surface area (Å²) < 4.78 is 3.31. The molecule has 2 aromatic carbocycles. The first kappa shape index (κ1) is 22.7. The molecule has 37 heavy (non-hydrogen) atoms. The molecule has 0 radical (unpaired) electrons. The summed E-state index contributed by atoms with van der Waals surface area (Å²) in [5.41, 5.74) is 5.08. The maximum absolute atomic E-state index is 13.4. The number of H-pyrrole nitrogens is 1. The molecule has 4 heterocycles. The highest BCUT2D eigenvalue weighted by atomic mass is 35.5. The summed E-state index contributed by atoms with van der Waals surface area (Å²) in [7, 11) is 0. The van der Waals surface area contributed by atoms with Gasteiger partial charge in [-0.1, -0.05) is 23.7 Å². The van der Waals surface area contributed by atoms with Gasteiger partial charge in [0, 0.05) is 28.0 Å². The second kappa shape index (κ2) is 9.03. The van der Waals surface area contributed by atoms with Crippen molar-refractivity contribution >= 4 is 23.4 Å². The van der Waals surface area contributed by atoms with Crippen LogP contribution >= 0.6 is 11.6 Å². The van der Waals surface area contributed by atoms with Gasteiger partial charge in [-0.05, 0) is 70.8 Å². The van der Waals surface area contributed by atoms with E-state index in [0.717, 1.165) is 34.5 Å². The van der Waals surface area contributed by atoms with Gasteiger partial charge in [-0.3, -0.25) is 10.1 Å². The van der Waals surface area contributed by atoms with Crippen LogP contribution in [0.2, 0.25) is 5.02 Å². The summed E-state index contributed by atoms with van der Waals surface area (Å²) in [6, 6.07) is 15.7. The monoisotopic (exact) mass is 514 g/mol. The van der Waals surface area contributed by atoms with E-state index < -0.39 is 6.09 Å². The van der Waals surface area contributed by atoms with Crippen LogP contribution in [-0.2, 0) is 6.42 Å². The number of aromatic amines is 1. The zero-order valence-corrected chi connectivity index (χ0v) is 19.9. The number of amides is 1. The summed E-state index contributed by atoms with van der Waals surface area (Å²) in [6.07, 6.45) is 3.53. The van der Waals surface area contributed by atoms with Crippen molar-refractivity contribution in [1.82, 2.24) is 34.7 Å². The number of halogens is 1. The molecule has 11 nitrogen and oxygen atoms in total. The molecule has 1 aliphatic heterocycles. The first-order valence-corrected chi connectivity index (χ1v) is 11.8. The Hall–Kier alpha value is -4.77. The lowest BCUT2D eigenvalue weighted by Gasteiger charge is -2.15. The number of pyridine rings is 1. The quantitative estimate of drug-likeness (QED) is 0.319. The number of carbonyl (C=O) groups is 1. The first-order valence-electron chi connectivity index (χ1n) is 11.4. The number of aryl methyl sites for hydroxylation is 1. The van der Waals surface area contributed by atoms with Crippen molar-refractivity contribution in [3.63, 3.8) is 0 Å². The van der Waals surface area contributed by atoms with E-state index in [4.69, 9.17) is 16.7 Å². The minimum Gasteiger partial charge on any atom is -0.465 e. The Balaban J connectivity index is 1.32. The van der Waals surface area contributed by atoms with Crippen molar-refractivity contribution in [1.29, 1.82) is 0 Å². The molecule has 1 aliphatic rings. The Labute approximate surface area is 214 Å². The maximum atomic E-state index is 13.4. The summed E-state index contributed by atoms with van der Waals surface area (Å²) in [5.74, 6) is 0.688. The highest BCUT2D eigenvalue weighted by Crippen LogP contribution is 2.34. The van der Waals surface area contributed by atoms with E-state index in [-0.39, 0.29) is 11.6 Å². The van der Waals surface area contributed by atoms with Crippen molar-refractivity contribution in [3.05, 3.63) is 94.0 Å². The minimum atomic E-state index is -1.12. The number of aromatic nitrogens is 7. The molecule has 0 aliphatic carbocycles. The third-order valence-electron chi connectivity index (χ3n) is 6.36. The molecule has 184 valence electrons. The predicted molar refractivity (Wildman–Crippen MR) is 136 cm³/mol. The van der Waals surface area contributed by atoms with E-state index in [1.807, 2.05) is 12.1 Å². The van der Waals surface area contributed by atoms with Gasteiger partial charge >= 0.3 is 6.09 Å². The van der Waals surface area contributed by atoms with Crippen LogP contribution in [0.25, 0.3) is 28.1 Å². The van der Waals surface area contributed by atoms with Crippen LogP contribution in [0.1, 0.15) is 24.0 Å². The third kappa shape index (κ3) is 4.25. The van der Waals surface area contributed by atoms with Crippen molar-refractivity contribution in [2.75, 3.05) is 5.32 Å². The standard InChI is InChI=1S/C25H19ClN8O3/c26-16-3-7-21(33-13-28-31-32-33)19(11-16)15-9-18-6-8-22(34(18)23(35)10-15)24-27-12-20(30-24)14-1-4-17(5-2-14)29-25(36)37/h1-5,7,9-13,22,29H,6,8H2,(H,27,30)(H,36,37)/t22-/m0/s1. The van der Waals surface area contributed by atoms with Crippen LogP contribution in [0.4, 0.5) is 10.5 Å². The van der Waals surface area contributed by atoms with Crippen molar-refractivity contribution in [2.45, 2.75) is 18.9 Å². The number of hydrogen-bond donors (Lipinski definition) is 3. The van der Waals surface area contributed by atoms with Crippen molar-refractivity contribution in [2.24, 2.45) is 0 Å². The highest BCUT2D eigenvalue weighted by molar-refractivity contribution is 6.31. The smallest absolute Gasteiger partial charge is 0.409 e. The fourth-order valence-corrected chi connectivity index (χ4v) is 4.90. The van der Waals surface area contributed by atoms with Crippen LogP contribution in [-0.4, -0.2) is 45.9 Å². The lowest BCUT2D eigenvalue weighted by atomic mass is 10.0. The molecule has 5 aromatic rings. The lowest BCUT2D eigenvalue weighted by molar-refractivity contribution is 0.209. The summed E-state index contributed by atoms with van der Waals surface area (Å²) in [4.78, 5) is 32.1. The normalized spacial score (nSPS) is 14.5. The summed E-state index contributed by atoms with van der Waals surface area (Å²) >= 11 is 6.29. The molecule has 12 heteroatoms. The van der Waals surface area contributed by atoms with E-state index >= 15 is 0 Å². The Bertz CT molecular complexity index is 1680. The molecule has 1 atom stereocenters. The number of hydrogen-bond acceptors (Lipinski definition) is 6. The number of tetrazole rings is 1. The second-order valence-corrected chi connectivity index (χ2v) is 9.04. The fourth-order valence-electron chi connectivity index (χ4n) is 4.73. The number of carboxylic acid groups (broad SMARTS) is 1. The molecular formula is C25H19ClN8O3. The number of nitrogens with zero attached hydrogens (tertiary/aromatic N) is 6. The first-order chi connectivity index (χ1) is 18.0. The van der Waals surface area contributed by atoms with Crippen LogP contribution < -0.4 is 10.9 Å². The van der Waals surface area contributed by atoms with Gasteiger partial charge < -0.3 is 14.7 Å². The average molecular weight is 515 g/mol. The molecule has 0 fully saturated rings. The van der Waals surface area contributed by atoms with Gasteiger partial charge in [0.1, 0.15) is 12.2 Å². The van der Waals surface area contributed by atoms with Crippen LogP contribution in [0.5, 0.6) is 0 Å². The largest absolute Gasteiger partial charge is 0.465 e. The predicted octanol–water partition coefficient (Wildman–Crippen LogP) is 4.16. The third-order valence-corrected chi connectivity index (χ3v) is 6.59. The van der Waals surface area contributed by atoms with Gasteiger partial charge in [-0.15, -0.1) is 5.10 Å². The highest BCUT2D eigenvalue weighted by Gasteiger charge is 2.28. The molecule has 3 N–H and O–H groups in total. The SMILES string of the molecule is O=C(O)Nc1ccc(-c2cnc([C@@H]3CCc4cc(-c5cc(Cl)ccc5-n5cnnn5)cc(=O)n43)[nH]2)cc1. The summed E-state index contributed by atoms with van der Waals surface area (Å²) in [5, 5.41) is 23.1. The molecule has 0 spiro atoms. The van der Waals surface area contributed by atoms with E-state index in [0.29, 0.717) is 28.6 Å². The molecule has 0 saturated heterocycles. The zero-order chi connectivity index (χ0) is 25.5. The molecule has 1 amide bonds. The van der Waals surface area contributed by atoms with Gasteiger partial charge in [0.15, 0.2) is 0 Å². The number of fused-ring (bicyclic) bond motifs is 1. The van der Waals surface area contributed by atoms with Crippen molar-refractivity contribution < 1.29 is 9.90 Å². The lowest BCUT2D eigenvalue weighted by Crippen LogP contribution is -2.23. The van der Waals surface area contributed by atoms with E-state index in [9.17, 15) is 9.59 Å². The maximum Gasteiger partial charge on any atom is 0.409 e. The zero-order valence-electron chi connectivity index (χ0n) is 19.2. The number of anilines is 1. The number of rotatable bonds is 5. The number of imidazole rings is 1. The van der Waals surface area contributed by atoms with E-state index in [2.05, 4.69) is 30.8 Å². The Morgan fingerprint density at radius 3 is 2.70 bits per heavy atom. The molecule has 0 unspecified atom stereocenters. The molecule has 0 saturated carbocycles. The Morgan fingerprint density at radius 2 is 1.95 bits per heavy atom. The molecule has 3 aromatic heterocycles. The Kier molecular flexibility index (Phi) is 5.53. The second-order valence-electron chi connectivity index (χ2n) is 8.60. The summed E-state index contributed by atoms with van der Waals surface area (Å²) in [6.45, 7) is 0. The van der Waals surface area contributed by atoms with E-state index in [1.165, 1.54) is 11.0 Å². The number of benzene rings is 2. The Morgan fingerprint density at radius 1 is 1.11 bits per heavy atom. The van der Waals surface area contributed by atoms with Crippen LogP contribution in [0.15, 0.2) is 71.9 Å². The van der Waals surface area contributed by atoms with Crippen LogP contribution in [0, 0.1) is 0 Å². The molecule has 6 rings (SSSR count). The number of nitrogens with one attached hydrogen (secondary N) is 2. The minimum absolute atomic E-state index is 0.139. The van der Waals surface area contributed by atoms with Crippen LogP contribution in [0.3, 0.4) is 0 Å². The molecule has 0 bridgehead atoms. The van der Waals surface area contributed by atoms with Gasteiger partial charge in [0.05, 0.1) is 23.6 Å². The van der Waals surface area contributed by atoms with Crippen molar-refractivity contribution in [3.8, 4) is 28.1 Å². The molecular weight excluding hydrogens is 496 g/mol.